The molecule has 122 heavy (non-hydrogen) atoms. The van der Waals surface area contributed by atoms with Crippen LogP contribution in [0.15, 0.2) is 95.2 Å². The Morgan fingerprint density at radius 1 is 0.500 bits per heavy atom. The Labute approximate surface area is 720 Å². The number of likely N-dealkylation sites (tertiary alicyclic amines) is 1. The molecular weight excluding hydrogens is 1580 g/mol. The molecule has 4 aromatic rings. The number of ether oxygens (including phenoxy) is 12. The molecule has 7 heterocycles. The van der Waals surface area contributed by atoms with Crippen LogP contribution in [0.1, 0.15) is 143 Å². The highest BCUT2D eigenvalue weighted by molar-refractivity contribution is 6.65. The Morgan fingerprint density at radius 3 is 1.45 bits per heavy atom. The van der Waals surface area contributed by atoms with E-state index in [4.69, 9.17) is 66.8 Å². The van der Waals surface area contributed by atoms with Crippen molar-refractivity contribution in [2.45, 2.75) is 150 Å². The molecule has 5 atom stereocenters. The zero-order valence-electron chi connectivity index (χ0n) is 71.9. The first-order valence-corrected chi connectivity index (χ1v) is 45.9. The van der Waals surface area contributed by atoms with Crippen molar-refractivity contribution in [1.82, 2.24) is 35.6 Å². The van der Waals surface area contributed by atoms with Crippen molar-refractivity contribution in [1.29, 1.82) is 0 Å². The highest BCUT2D eigenvalue weighted by Gasteiger charge is 2.45. The predicted octanol–water partition coefficient (Wildman–Crippen LogP) is 9.62. The Balaban J connectivity index is 0.478. The fraction of sp³-hybridized carbons (Fsp3) is 0.578. The van der Waals surface area contributed by atoms with Crippen molar-refractivity contribution in [2.24, 2.45) is 15.9 Å². The Morgan fingerprint density at radius 2 is 0.967 bits per heavy atom. The third-order valence-corrected chi connectivity index (χ3v) is 26.8. The molecule has 0 radical (unpaired) electrons. The number of amides is 8. The molecular formula is C90H124AlN11O20. The number of anilines is 2. The number of fused-ring (bicyclic) bond motifs is 4. The predicted molar refractivity (Wildman–Crippen MR) is 465 cm³/mol. The molecule has 0 aliphatic carbocycles. The van der Waals surface area contributed by atoms with Crippen molar-refractivity contribution in [3.05, 3.63) is 107 Å². The van der Waals surface area contributed by atoms with E-state index in [1.54, 1.807) is 80.3 Å². The SMILES string of the molecule is COc1cc2c(cc1OCCCCCOc1cc3c(cc1OC)C(=O)N1C=C(c4ccc(N5CCN(C)CC5)cc4)C[C@H]1C=N3)N=C[C@@H]1CC(c3ccc(NC(=O)[C@H](C)NC(=O)[C@@H](NC(=O)CCOCCOCCOCCOCCOCCOCCOCCOCCNC(=O)CCN4C(=O)C[CH]([Al]5[CH2]CCCCCC[CH2]5)C4=O)C(C)C)cc3)=CN1C2=O. The lowest BCUT2D eigenvalue weighted by molar-refractivity contribution is -0.138. The monoisotopic (exact) mass is 1710 g/mol. The van der Waals surface area contributed by atoms with Gasteiger partial charge in [-0.15, -0.1) is 0 Å². The van der Waals surface area contributed by atoms with Gasteiger partial charge < -0.3 is 97.7 Å². The second-order valence-corrected chi connectivity index (χ2v) is 35.4. The molecule has 4 N–H and O–H groups in total. The molecule has 0 aromatic heterocycles. The van der Waals surface area contributed by atoms with Crippen LogP contribution in [0.2, 0.25) is 15.3 Å². The third-order valence-electron chi connectivity index (χ3n) is 22.8. The van der Waals surface area contributed by atoms with Crippen LogP contribution in [0.3, 0.4) is 0 Å². The molecule has 4 aromatic carbocycles. The van der Waals surface area contributed by atoms with E-state index in [2.05, 4.69) is 62.4 Å². The van der Waals surface area contributed by atoms with E-state index in [0.717, 1.165) is 71.9 Å². The van der Waals surface area contributed by atoms with E-state index in [9.17, 15) is 38.4 Å². The number of carbonyl (C=O) groups is 8. The highest BCUT2D eigenvalue weighted by Crippen LogP contribution is 2.43. The quantitative estimate of drug-likeness (QED) is 0.0181. The second-order valence-electron chi connectivity index (χ2n) is 32.0. The van der Waals surface area contributed by atoms with Gasteiger partial charge in [0.25, 0.3) is 26.0 Å². The number of methoxy groups -OCH3 is 2. The van der Waals surface area contributed by atoms with Gasteiger partial charge in [0.2, 0.25) is 35.4 Å². The normalized spacial score (nSPS) is 18.4. The molecule has 32 heteroatoms. The zero-order chi connectivity index (χ0) is 86.0. The fourth-order valence-corrected chi connectivity index (χ4v) is 19.6. The molecule has 662 valence electrons. The summed E-state index contributed by atoms with van der Waals surface area (Å²) in [5, 5.41) is 13.5. The maximum atomic E-state index is 14.2. The number of nitrogens with zero attached hydrogens (tertiary/aromatic N) is 7. The molecule has 0 saturated carbocycles. The number of benzene rings is 4. The summed E-state index contributed by atoms with van der Waals surface area (Å²) >= 11 is -1.33. The van der Waals surface area contributed by atoms with Gasteiger partial charge >= 0.3 is 0 Å². The van der Waals surface area contributed by atoms with E-state index in [1.807, 2.05) is 30.7 Å². The summed E-state index contributed by atoms with van der Waals surface area (Å²) < 4.78 is 68.4. The fourth-order valence-electron chi connectivity index (χ4n) is 15.8. The van der Waals surface area contributed by atoms with Crippen LogP contribution in [0.5, 0.6) is 23.0 Å². The number of piperazine rings is 1. The van der Waals surface area contributed by atoms with Crippen LogP contribution in [0.25, 0.3) is 11.1 Å². The minimum atomic E-state index is -1.33. The maximum Gasteiger partial charge on any atom is 0.280 e. The number of rotatable bonds is 50. The summed E-state index contributed by atoms with van der Waals surface area (Å²) in [5.41, 5.74) is 7.48. The van der Waals surface area contributed by atoms with Gasteiger partial charge in [0.1, 0.15) is 12.1 Å². The van der Waals surface area contributed by atoms with E-state index in [1.165, 1.54) is 56.2 Å². The minimum Gasteiger partial charge on any atom is -0.493 e. The molecule has 0 bridgehead atoms. The largest absolute Gasteiger partial charge is 0.493 e. The number of hydrogen-bond donors (Lipinski definition) is 4. The van der Waals surface area contributed by atoms with E-state index >= 15 is 0 Å². The molecule has 11 rings (SSSR count). The minimum absolute atomic E-state index is 0.0160. The van der Waals surface area contributed by atoms with E-state index in [0.29, 0.717) is 189 Å². The molecule has 7 aliphatic heterocycles. The molecule has 31 nitrogen and oxygen atoms in total. The second kappa shape index (κ2) is 49.4. The van der Waals surface area contributed by atoms with Crippen molar-refractivity contribution < 1.29 is 95.2 Å². The number of hydrogen-bond acceptors (Lipinski definition) is 24. The van der Waals surface area contributed by atoms with Gasteiger partial charge in [-0.3, -0.25) is 53.2 Å². The van der Waals surface area contributed by atoms with Gasteiger partial charge in [0.05, 0.1) is 168 Å². The first-order valence-electron chi connectivity index (χ1n) is 43.6. The topological polar surface area (TPSA) is 336 Å². The third kappa shape index (κ3) is 27.9. The average Bonchev–Trinajstić information content (AvgIpc) is 1.63. The van der Waals surface area contributed by atoms with Crippen LogP contribution in [0, 0.1) is 5.92 Å². The summed E-state index contributed by atoms with van der Waals surface area (Å²) in [4.78, 5) is 126. The van der Waals surface area contributed by atoms with Gasteiger partial charge in [-0.05, 0) is 97.8 Å². The number of imide groups is 1. The van der Waals surface area contributed by atoms with Crippen LogP contribution >= 0.6 is 0 Å². The smallest absolute Gasteiger partial charge is 0.280 e. The number of carbonyl (C=O) groups excluding carboxylic acids is 8. The lowest BCUT2D eigenvalue weighted by Gasteiger charge is -2.34. The lowest BCUT2D eigenvalue weighted by atomic mass is 10.0. The van der Waals surface area contributed by atoms with Gasteiger partial charge in [-0.2, -0.15) is 0 Å². The molecule has 8 amide bonds. The van der Waals surface area contributed by atoms with E-state index < -0.39 is 38.0 Å². The van der Waals surface area contributed by atoms with Gasteiger partial charge in [0, 0.05) is 124 Å². The number of likely N-dealkylation sites (N-methyl/N-ethyl adjacent to an activating group) is 1. The molecule has 3 fully saturated rings. The van der Waals surface area contributed by atoms with Crippen LogP contribution in [-0.4, -0.2) is 297 Å². The first kappa shape index (κ1) is 93.5. The van der Waals surface area contributed by atoms with Gasteiger partial charge in [-0.25, -0.2) is 0 Å². The summed E-state index contributed by atoms with van der Waals surface area (Å²) in [7, 11) is 5.25. The van der Waals surface area contributed by atoms with Crippen molar-refractivity contribution in [3.63, 3.8) is 0 Å². The van der Waals surface area contributed by atoms with Crippen LogP contribution in [0.4, 0.5) is 22.7 Å². The average molecular weight is 1710 g/mol. The van der Waals surface area contributed by atoms with Crippen molar-refractivity contribution in [3.8, 4) is 23.0 Å². The summed E-state index contributed by atoms with van der Waals surface area (Å²) in [6.45, 7) is 16.2. The summed E-state index contributed by atoms with van der Waals surface area (Å²) in [6.07, 6.45) is 18.6. The van der Waals surface area contributed by atoms with Crippen LogP contribution < -0.4 is 45.1 Å². The summed E-state index contributed by atoms with van der Waals surface area (Å²) in [6, 6.07) is 20.4. The molecule has 3 saturated heterocycles. The number of nitrogens with one attached hydrogen (secondary N) is 4. The lowest BCUT2D eigenvalue weighted by Crippen LogP contribution is -2.53. The standard InChI is InChI=1S/C82H108N11O20.C8H16.Al/c1-56(2)78(88-75(95)21-30-104-32-34-106-36-38-108-40-42-110-44-45-111-43-41-109-39-37-107-35-33-105-31-22-83-74(94)20-23-91-76(96)18-19-77(91)97)80(99)86-57(3)79(98)87-62-14-10-58(11-15-62)60-46-64-52-84-68-50-72(70(102-5)48-66(68)81(100)92(64)54-60)112-28-8-7-9-29-113-73-51-69-67(49-71(73)103-6)82(101)93-55-61(47-65(93)53-85-69)59-12-16-63(17-13-59)90-26-24-89(4)25-27-90;1-3-5-7-8-6-4-2;/h10-18,48-57,64-65,78H,7-9,19-47H2,1-6H3,(H,83,94)(H,86,99)(H,87,98)(H,88,95);1-8H2;/t57-,64-,65-,78-;;/m0../s1. The Bertz CT molecular complexity index is 4230. The van der Waals surface area contributed by atoms with Crippen molar-refractivity contribution >= 4 is 108 Å². The summed E-state index contributed by atoms with van der Waals surface area (Å²) in [5.74, 6) is -0.526. The zero-order valence-corrected chi connectivity index (χ0v) is 73.0. The number of aliphatic imine (C=N–C) groups is 2. The number of unbranched alkanes of at least 4 members (excludes halogenated alkanes) is 2. The molecule has 0 spiro atoms. The van der Waals surface area contributed by atoms with Gasteiger partial charge in [-0.1, -0.05) is 87.2 Å². The van der Waals surface area contributed by atoms with Gasteiger partial charge in [0.15, 0.2) is 23.0 Å². The molecule has 7 aliphatic rings. The first-order chi connectivity index (χ1) is 59.4. The Kier molecular flexibility index (Phi) is 37.8. The maximum absolute atomic E-state index is 14.2. The van der Waals surface area contributed by atoms with E-state index in [-0.39, 0.29) is 90.8 Å². The highest BCUT2D eigenvalue weighted by atomic mass is 27.2. The molecule has 1 unspecified atom stereocenters. The Hall–Kier alpha value is -9.17. The van der Waals surface area contributed by atoms with Crippen molar-refractivity contribution in [2.75, 3.05) is 190 Å². The van der Waals surface area contributed by atoms with Crippen LogP contribution in [-0.2, 0) is 66.7 Å².